The van der Waals surface area contributed by atoms with Crippen molar-refractivity contribution in [2.24, 2.45) is 0 Å². The lowest BCUT2D eigenvalue weighted by atomic mass is 9.75. The van der Waals surface area contributed by atoms with Crippen LogP contribution in [0.4, 0.5) is 21.5 Å². The van der Waals surface area contributed by atoms with E-state index in [-0.39, 0.29) is 11.2 Å². The molecule has 0 saturated carbocycles. The van der Waals surface area contributed by atoms with Crippen molar-refractivity contribution in [1.29, 1.82) is 0 Å². The van der Waals surface area contributed by atoms with Crippen LogP contribution in [-0.2, 0) is 5.41 Å². The summed E-state index contributed by atoms with van der Waals surface area (Å²) in [4.78, 5) is 2.20. The Morgan fingerprint density at radius 3 is 2.16 bits per heavy atom. The van der Waals surface area contributed by atoms with Crippen LogP contribution in [0.5, 0.6) is 0 Å². The van der Waals surface area contributed by atoms with Gasteiger partial charge in [-0.2, -0.15) is 0 Å². The van der Waals surface area contributed by atoms with E-state index >= 15 is 0 Å². The smallest absolute Gasteiger partial charge is 0.123 e. The van der Waals surface area contributed by atoms with Crippen molar-refractivity contribution >= 4 is 38.9 Å². The fourth-order valence-corrected chi connectivity index (χ4v) is 6.10. The highest BCUT2D eigenvalue weighted by Gasteiger charge is 2.34. The molecule has 1 aliphatic rings. The number of para-hydroxylation sites is 2. The van der Waals surface area contributed by atoms with Gasteiger partial charge < -0.3 is 9.47 Å². The van der Waals surface area contributed by atoms with Crippen molar-refractivity contribution in [2.45, 2.75) is 26.2 Å². The first kappa shape index (κ1) is 21.9. The first-order chi connectivity index (χ1) is 17.9. The van der Waals surface area contributed by atoms with Crippen LogP contribution in [0.25, 0.3) is 27.5 Å². The molecule has 0 aliphatic carbocycles. The molecule has 7 rings (SSSR count). The standard InChI is InChI=1S/C34H27FN2/c1-22-8-6-9-25(20-22)36(24-16-14-23(35)15-17-24)26-18-19-31-28(21-26)27-10-7-12-30-33(27)37(31)32-13-5-4-11-29(32)34(30,2)3/h4-21H,1-3H3. The topological polar surface area (TPSA) is 8.17 Å². The van der Waals surface area contributed by atoms with Gasteiger partial charge in [-0.15, -0.1) is 0 Å². The Labute approximate surface area is 216 Å². The minimum atomic E-state index is -0.237. The van der Waals surface area contributed by atoms with Crippen LogP contribution in [-0.4, -0.2) is 4.57 Å². The second-order valence-corrected chi connectivity index (χ2v) is 10.5. The number of rotatable bonds is 3. The summed E-state index contributed by atoms with van der Waals surface area (Å²) >= 11 is 0. The maximum atomic E-state index is 13.9. The minimum Gasteiger partial charge on any atom is -0.310 e. The zero-order valence-electron chi connectivity index (χ0n) is 21.2. The van der Waals surface area contributed by atoms with Crippen LogP contribution in [0.3, 0.4) is 0 Å². The number of hydrogen-bond donors (Lipinski definition) is 0. The Morgan fingerprint density at radius 2 is 1.35 bits per heavy atom. The third-order valence-electron chi connectivity index (χ3n) is 7.87. The summed E-state index contributed by atoms with van der Waals surface area (Å²) < 4.78 is 16.3. The van der Waals surface area contributed by atoms with Crippen molar-refractivity contribution in [1.82, 2.24) is 4.57 Å². The number of hydrogen-bond acceptors (Lipinski definition) is 1. The average Bonchev–Trinajstić information content (AvgIpc) is 3.23. The van der Waals surface area contributed by atoms with Crippen molar-refractivity contribution < 1.29 is 4.39 Å². The molecule has 6 aromatic rings. The van der Waals surface area contributed by atoms with E-state index in [0.717, 1.165) is 17.1 Å². The van der Waals surface area contributed by atoms with E-state index in [1.807, 2.05) is 12.1 Å². The summed E-state index contributed by atoms with van der Waals surface area (Å²) in [5.41, 5.74) is 10.5. The molecule has 3 heteroatoms. The van der Waals surface area contributed by atoms with Gasteiger partial charge in [0.05, 0.1) is 16.7 Å². The van der Waals surface area contributed by atoms with Crippen LogP contribution in [0.15, 0.2) is 109 Å². The molecule has 2 nitrogen and oxygen atoms in total. The molecule has 1 aliphatic heterocycles. The van der Waals surface area contributed by atoms with Crippen LogP contribution in [0.2, 0.25) is 0 Å². The quantitative estimate of drug-likeness (QED) is 0.244. The van der Waals surface area contributed by atoms with Gasteiger partial charge in [0, 0.05) is 33.2 Å². The molecule has 0 saturated heterocycles. The molecule has 0 bridgehead atoms. The number of aromatic nitrogens is 1. The third-order valence-corrected chi connectivity index (χ3v) is 7.87. The fourth-order valence-electron chi connectivity index (χ4n) is 6.10. The molecule has 0 amide bonds. The SMILES string of the molecule is Cc1cccc(N(c2ccc(F)cc2)c2ccc3c(c2)c2cccc4c2n3-c2ccccc2C4(C)C)c1. The predicted octanol–water partition coefficient (Wildman–Crippen LogP) is 9.34. The molecule has 0 unspecified atom stereocenters. The van der Waals surface area contributed by atoms with E-state index < -0.39 is 0 Å². The summed E-state index contributed by atoms with van der Waals surface area (Å²) in [6, 6.07) is 37.3. The maximum absolute atomic E-state index is 13.9. The number of nitrogens with zero attached hydrogens (tertiary/aromatic N) is 2. The molecule has 0 atom stereocenters. The number of halogens is 1. The monoisotopic (exact) mass is 482 g/mol. The van der Waals surface area contributed by atoms with E-state index in [0.29, 0.717) is 0 Å². The Kier molecular flexibility index (Phi) is 4.62. The number of benzene rings is 5. The predicted molar refractivity (Wildman–Crippen MR) is 152 cm³/mol. The minimum absolute atomic E-state index is 0.0922. The van der Waals surface area contributed by atoms with Crippen LogP contribution < -0.4 is 4.90 Å². The zero-order chi connectivity index (χ0) is 25.3. The summed E-state index contributed by atoms with van der Waals surface area (Å²) in [6.45, 7) is 6.74. The lowest BCUT2D eigenvalue weighted by Crippen LogP contribution is -2.26. The second kappa shape index (κ2) is 7.81. The van der Waals surface area contributed by atoms with E-state index in [9.17, 15) is 4.39 Å². The lowest BCUT2D eigenvalue weighted by Gasteiger charge is -2.34. The lowest BCUT2D eigenvalue weighted by molar-refractivity contribution is 0.628. The molecule has 1 aromatic heterocycles. The summed E-state index contributed by atoms with van der Waals surface area (Å²) in [7, 11) is 0. The van der Waals surface area contributed by atoms with Crippen molar-refractivity contribution in [3.8, 4) is 5.69 Å². The highest BCUT2D eigenvalue weighted by atomic mass is 19.1. The second-order valence-electron chi connectivity index (χ2n) is 10.5. The fraction of sp³-hybridized carbons (Fsp3) is 0.118. The Hall–Kier alpha value is -4.37. The molecular formula is C34H27FN2. The van der Waals surface area contributed by atoms with Crippen LogP contribution in [0, 0.1) is 12.7 Å². The highest BCUT2D eigenvalue weighted by Crippen LogP contribution is 2.48. The van der Waals surface area contributed by atoms with Crippen molar-refractivity contribution in [3.05, 3.63) is 132 Å². The first-order valence-corrected chi connectivity index (χ1v) is 12.7. The van der Waals surface area contributed by atoms with Gasteiger partial charge in [0.1, 0.15) is 5.82 Å². The molecule has 2 heterocycles. The van der Waals surface area contributed by atoms with Gasteiger partial charge in [0.25, 0.3) is 0 Å². The van der Waals surface area contributed by atoms with E-state index in [1.54, 1.807) is 0 Å². The normalized spacial score (nSPS) is 13.6. The molecule has 37 heavy (non-hydrogen) atoms. The first-order valence-electron chi connectivity index (χ1n) is 12.7. The van der Waals surface area contributed by atoms with Gasteiger partial charge in [-0.05, 0) is 84.3 Å². The van der Waals surface area contributed by atoms with Gasteiger partial charge in [-0.1, -0.05) is 62.4 Å². The summed E-state index contributed by atoms with van der Waals surface area (Å²) in [5.74, 6) is -0.237. The van der Waals surface area contributed by atoms with E-state index in [4.69, 9.17) is 0 Å². The Morgan fingerprint density at radius 1 is 0.649 bits per heavy atom. The number of anilines is 3. The zero-order valence-corrected chi connectivity index (χ0v) is 21.2. The number of fused-ring (bicyclic) bond motifs is 5. The molecule has 180 valence electrons. The molecule has 0 spiro atoms. The van der Waals surface area contributed by atoms with Crippen molar-refractivity contribution in [2.75, 3.05) is 4.90 Å². The van der Waals surface area contributed by atoms with E-state index in [1.165, 1.54) is 56.3 Å². The van der Waals surface area contributed by atoms with Crippen LogP contribution in [0.1, 0.15) is 30.5 Å². The average molecular weight is 483 g/mol. The van der Waals surface area contributed by atoms with Gasteiger partial charge >= 0.3 is 0 Å². The number of aryl methyl sites for hydroxylation is 1. The van der Waals surface area contributed by atoms with Crippen LogP contribution >= 0.6 is 0 Å². The largest absolute Gasteiger partial charge is 0.310 e. The third kappa shape index (κ3) is 3.17. The van der Waals surface area contributed by atoms with Gasteiger partial charge in [0.15, 0.2) is 0 Å². The van der Waals surface area contributed by atoms with Gasteiger partial charge in [-0.25, -0.2) is 4.39 Å². The summed E-state index contributed by atoms with van der Waals surface area (Å²) in [5, 5.41) is 2.46. The molecule has 0 radical (unpaired) electrons. The Bertz CT molecular complexity index is 1830. The summed E-state index contributed by atoms with van der Waals surface area (Å²) in [6.07, 6.45) is 0. The molecular weight excluding hydrogens is 455 g/mol. The maximum Gasteiger partial charge on any atom is 0.123 e. The highest BCUT2D eigenvalue weighted by molar-refractivity contribution is 6.12. The van der Waals surface area contributed by atoms with Gasteiger partial charge in [-0.3, -0.25) is 0 Å². The van der Waals surface area contributed by atoms with Gasteiger partial charge in [0.2, 0.25) is 0 Å². The molecule has 0 fully saturated rings. The Balaban J connectivity index is 1.53. The molecule has 5 aromatic carbocycles. The van der Waals surface area contributed by atoms with Crippen molar-refractivity contribution in [3.63, 3.8) is 0 Å². The molecule has 0 N–H and O–H groups in total. The van der Waals surface area contributed by atoms with E-state index in [2.05, 4.69) is 115 Å².